The normalized spacial score (nSPS) is 24.1. The fourth-order valence-electron chi connectivity index (χ4n) is 4.54. The fourth-order valence-corrected chi connectivity index (χ4v) is 4.54. The molecule has 144 valence electrons. The van der Waals surface area contributed by atoms with Gasteiger partial charge >= 0.3 is 0 Å². The molecule has 0 spiro atoms. The number of hydrogen-bond acceptors (Lipinski definition) is 4. The average molecular weight is 368 g/mol. The Morgan fingerprint density at radius 2 is 1.74 bits per heavy atom. The molecule has 0 aromatic heterocycles. The van der Waals surface area contributed by atoms with Crippen molar-refractivity contribution in [1.29, 1.82) is 0 Å². The highest BCUT2D eigenvalue weighted by Gasteiger charge is 2.43. The van der Waals surface area contributed by atoms with E-state index in [0.29, 0.717) is 12.1 Å². The van der Waals surface area contributed by atoms with Gasteiger partial charge in [-0.05, 0) is 55.4 Å². The van der Waals surface area contributed by atoms with E-state index in [4.69, 9.17) is 4.74 Å². The zero-order valence-electron chi connectivity index (χ0n) is 16.1. The first-order chi connectivity index (χ1) is 13.2. The van der Waals surface area contributed by atoms with Gasteiger partial charge < -0.3 is 9.64 Å². The molecule has 1 aliphatic carbocycles. The number of rotatable bonds is 4. The van der Waals surface area contributed by atoms with Crippen molar-refractivity contribution in [2.45, 2.75) is 45.4 Å². The summed E-state index contributed by atoms with van der Waals surface area (Å²) in [6, 6.07) is 7.80. The van der Waals surface area contributed by atoms with Gasteiger partial charge in [0.25, 0.3) is 0 Å². The van der Waals surface area contributed by atoms with Crippen molar-refractivity contribution >= 4 is 17.5 Å². The summed E-state index contributed by atoms with van der Waals surface area (Å²) in [7, 11) is 0. The summed E-state index contributed by atoms with van der Waals surface area (Å²) in [5, 5.41) is 0. The van der Waals surface area contributed by atoms with Crippen LogP contribution in [0.25, 0.3) is 0 Å². The van der Waals surface area contributed by atoms with Crippen molar-refractivity contribution in [2.75, 3.05) is 31.2 Å². The molecule has 3 aliphatic rings. The molecule has 1 aromatic rings. The summed E-state index contributed by atoms with van der Waals surface area (Å²) in [6.45, 7) is 5.35. The molecule has 0 bridgehead atoms. The molecule has 0 saturated carbocycles. The lowest BCUT2D eigenvalue weighted by atomic mass is 9.85. The standard InChI is InChI=1S/C22H28N2O3/c1-2-16-7-9-17(10-8-16)24-21(25)15-19(22(24)26)18-5-3-4-6-20(18)23-11-13-27-14-12-23/h7-10,19H,2-6,11-15H2,1H3. The molecule has 1 atom stereocenters. The van der Waals surface area contributed by atoms with Crippen LogP contribution in [-0.4, -0.2) is 43.0 Å². The van der Waals surface area contributed by atoms with E-state index in [1.807, 2.05) is 24.3 Å². The van der Waals surface area contributed by atoms with E-state index in [1.165, 1.54) is 21.7 Å². The predicted octanol–water partition coefficient (Wildman–Crippen LogP) is 3.29. The van der Waals surface area contributed by atoms with Crippen LogP contribution in [-0.2, 0) is 20.7 Å². The van der Waals surface area contributed by atoms with Crippen LogP contribution in [0.5, 0.6) is 0 Å². The van der Waals surface area contributed by atoms with Crippen LogP contribution in [0.2, 0.25) is 0 Å². The highest BCUT2D eigenvalue weighted by molar-refractivity contribution is 6.21. The molecule has 2 heterocycles. The number of morpholine rings is 1. The molecule has 2 saturated heterocycles. The van der Waals surface area contributed by atoms with Gasteiger partial charge in [0.1, 0.15) is 0 Å². The lowest BCUT2D eigenvalue weighted by Gasteiger charge is -2.36. The van der Waals surface area contributed by atoms with E-state index < -0.39 is 0 Å². The van der Waals surface area contributed by atoms with Gasteiger partial charge in [0.05, 0.1) is 24.8 Å². The zero-order valence-corrected chi connectivity index (χ0v) is 16.1. The Morgan fingerprint density at radius 1 is 1.04 bits per heavy atom. The molecule has 27 heavy (non-hydrogen) atoms. The fraction of sp³-hybridized carbons (Fsp3) is 0.545. The second kappa shape index (κ2) is 7.85. The number of allylic oxidation sites excluding steroid dienone is 1. The van der Waals surface area contributed by atoms with Crippen molar-refractivity contribution in [2.24, 2.45) is 5.92 Å². The Balaban J connectivity index is 1.62. The minimum atomic E-state index is -0.290. The molecule has 1 aromatic carbocycles. The predicted molar refractivity (Wildman–Crippen MR) is 104 cm³/mol. The summed E-state index contributed by atoms with van der Waals surface area (Å²) < 4.78 is 5.49. The number of carbonyl (C=O) groups is 2. The highest BCUT2D eigenvalue weighted by atomic mass is 16.5. The Hall–Kier alpha value is -2.14. The second-order valence-electron chi connectivity index (χ2n) is 7.62. The Labute approximate surface area is 161 Å². The maximum absolute atomic E-state index is 13.2. The molecule has 2 fully saturated rings. The molecule has 1 unspecified atom stereocenters. The topological polar surface area (TPSA) is 49.9 Å². The van der Waals surface area contributed by atoms with Crippen LogP contribution >= 0.6 is 0 Å². The molecular weight excluding hydrogens is 340 g/mol. The largest absolute Gasteiger partial charge is 0.378 e. The van der Waals surface area contributed by atoms with E-state index in [0.717, 1.165) is 58.4 Å². The van der Waals surface area contributed by atoms with Crippen molar-refractivity contribution in [3.05, 3.63) is 41.1 Å². The minimum absolute atomic E-state index is 0.0492. The maximum atomic E-state index is 13.2. The quantitative estimate of drug-likeness (QED) is 0.765. The van der Waals surface area contributed by atoms with Gasteiger partial charge in [-0.1, -0.05) is 19.1 Å². The summed E-state index contributed by atoms with van der Waals surface area (Å²) in [5.74, 6) is -0.415. The lowest BCUT2D eigenvalue weighted by molar-refractivity contribution is -0.121. The van der Waals surface area contributed by atoms with Crippen LogP contribution in [0.3, 0.4) is 0 Å². The molecule has 0 radical (unpaired) electrons. The first-order valence-corrected chi connectivity index (χ1v) is 10.2. The van der Waals surface area contributed by atoms with Crippen LogP contribution in [0.4, 0.5) is 5.69 Å². The molecule has 2 amide bonds. The number of ether oxygens (including phenoxy) is 1. The van der Waals surface area contributed by atoms with Gasteiger partial charge in [0, 0.05) is 25.2 Å². The number of carbonyl (C=O) groups excluding carboxylic acids is 2. The summed E-state index contributed by atoms with van der Waals surface area (Å²) in [6.07, 6.45) is 5.45. The maximum Gasteiger partial charge on any atom is 0.241 e. The van der Waals surface area contributed by atoms with Crippen LogP contribution in [0, 0.1) is 5.92 Å². The number of hydrogen-bond donors (Lipinski definition) is 0. The summed E-state index contributed by atoms with van der Waals surface area (Å²) in [5.41, 5.74) is 4.42. The van der Waals surface area contributed by atoms with E-state index in [-0.39, 0.29) is 17.7 Å². The molecule has 2 aliphatic heterocycles. The number of anilines is 1. The van der Waals surface area contributed by atoms with Gasteiger partial charge in [-0.3, -0.25) is 14.5 Å². The van der Waals surface area contributed by atoms with Gasteiger partial charge in [-0.2, -0.15) is 0 Å². The summed E-state index contributed by atoms with van der Waals surface area (Å²) in [4.78, 5) is 29.7. The van der Waals surface area contributed by atoms with Gasteiger partial charge in [0.2, 0.25) is 11.8 Å². The molecule has 0 N–H and O–H groups in total. The van der Waals surface area contributed by atoms with Gasteiger partial charge in [-0.25, -0.2) is 0 Å². The second-order valence-corrected chi connectivity index (χ2v) is 7.62. The number of nitrogens with zero attached hydrogens (tertiary/aromatic N) is 2. The third-order valence-electron chi connectivity index (χ3n) is 6.04. The Kier molecular flexibility index (Phi) is 5.30. The third kappa shape index (κ3) is 3.53. The first kappa shape index (κ1) is 18.2. The number of imide groups is 1. The average Bonchev–Trinajstić information content (AvgIpc) is 3.02. The van der Waals surface area contributed by atoms with Crippen molar-refractivity contribution in [3.8, 4) is 0 Å². The molecule has 4 rings (SSSR count). The molecular formula is C22H28N2O3. The van der Waals surface area contributed by atoms with Crippen molar-refractivity contribution < 1.29 is 14.3 Å². The van der Waals surface area contributed by atoms with Gasteiger partial charge in [-0.15, -0.1) is 0 Å². The first-order valence-electron chi connectivity index (χ1n) is 10.2. The summed E-state index contributed by atoms with van der Waals surface area (Å²) >= 11 is 0. The Morgan fingerprint density at radius 3 is 2.44 bits per heavy atom. The van der Waals surface area contributed by atoms with E-state index in [9.17, 15) is 9.59 Å². The van der Waals surface area contributed by atoms with Crippen molar-refractivity contribution in [3.63, 3.8) is 0 Å². The van der Waals surface area contributed by atoms with Gasteiger partial charge in [0.15, 0.2) is 0 Å². The third-order valence-corrected chi connectivity index (χ3v) is 6.04. The number of amides is 2. The molecule has 5 nitrogen and oxygen atoms in total. The van der Waals surface area contributed by atoms with E-state index in [1.54, 1.807) is 0 Å². The smallest absolute Gasteiger partial charge is 0.241 e. The minimum Gasteiger partial charge on any atom is -0.378 e. The van der Waals surface area contributed by atoms with Crippen LogP contribution in [0.1, 0.15) is 44.6 Å². The zero-order chi connectivity index (χ0) is 18.8. The van der Waals surface area contributed by atoms with E-state index in [2.05, 4.69) is 11.8 Å². The molecule has 5 heteroatoms. The Bertz CT molecular complexity index is 747. The number of benzene rings is 1. The van der Waals surface area contributed by atoms with Crippen LogP contribution < -0.4 is 4.90 Å². The lowest BCUT2D eigenvalue weighted by Crippen LogP contribution is -2.38. The van der Waals surface area contributed by atoms with Crippen LogP contribution in [0.15, 0.2) is 35.5 Å². The van der Waals surface area contributed by atoms with Crippen molar-refractivity contribution in [1.82, 2.24) is 4.90 Å². The van der Waals surface area contributed by atoms with E-state index >= 15 is 0 Å². The number of aryl methyl sites for hydroxylation is 1. The monoisotopic (exact) mass is 368 g/mol. The SMILES string of the molecule is CCc1ccc(N2C(=O)CC(C3=C(N4CCOCC4)CCCC3)C2=O)cc1. The highest BCUT2D eigenvalue weighted by Crippen LogP contribution is 2.39.